The van der Waals surface area contributed by atoms with Crippen LogP contribution in [0.1, 0.15) is 44.4 Å². The van der Waals surface area contributed by atoms with E-state index in [1.54, 1.807) is 0 Å². The van der Waals surface area contributed by atoms with Crippen LogP contribution in [0.4, 0.5) is 0 Å². The molecule has 15 heavy (non-hydrogen) atoms. The molecule has 0 amide bonds. The van der Waals surface area contributed by atoms with Crippen LogP contribution in [-0.4, -0.2) is 6.54 Å². The molecule has 2 atom stereocenters. The third-order valence-electron chi connectivity index (χ3n) is 3.05. The van der Waals surface area contributed by atoms with Crippen LogP contribution < -0.4 is 5.32 Å². The predicted molar refractivity (Wildman–Crippen MR) is 67.1 cm³/mol. The van der Waals surface area contributed by atoms with Crippen LogP contribution in [0.15, 0.2) is 24.3 Å². The van der Waals surface area contributed by atoms with Gasteiger partial charge in [-0.05, 0) is 31.9 Å². The van der Waals surface area contributed by atoms with Crippen LogP contribution in [0.5, 0.6) is 0 Å². The Bertz CT molecular complexity index is 276. The van der Waals surface area contributed by atoms with E-state index in [-0.39, 0.29) is 0 Å². The molecule has 0 aliphatic rings. The number of rotatable bonds is 5. The highest BCUT2D eigenvalue weighted by atomic mass is 14.9. The summed E-state index contributed by atoms with van der Waals surface area (Å²) in [5.41, 5.74) is 2.71. The second-order valence-corrected chi connectivity index (χ2v) is 4.55. The van der Waals surface area contributed by atoms with E-state index >= 15 is 0 Å². The number of aryl methyl sites for hydroxylation is 1. The summed E-state index contributed by atoms with van der Waals surface area (Å²) < 4.78 is 0. The van der Waals surface area contributed by atoms with E-state index in [1.165, 1.54) is 17.5 Å². The Morgan fingerprint density at radius 3 is 2.27 bits per heavy atom. The highest BCUT2D eigenvalue weighted by molar-refractivity contribution is 5.23. The molecule has 1 N–H and O–H groups in total. The second kappa shape index (κ2) is 5.92. The standard InChI is InChI=1S/C14H23N/c1-5-11(2)10-15-13(4)14-8-6-12(3)7-9-14/h6-9,11,13,15H,5,10H2,1-4H3. The summed E-state index contributed by atoms with van der Waals surface area (Å²) in [6.45, 7) is 9.98. The topological polar surface area (TPSA) is 12.0 Å². The number of hydrogen-bond acceptors (Lipinski definition) is 1. The smallest absolute Gasteiger partial charge is 0.0291 e. The van der Waals surface area contributed by atoms with Gasteiger partial charge in [-0.1, -0.05) is 50.1 Å². The van der Waals surface area contributed by atoms with Gasteiger partial charge < -0.3 is 5.32 Å². The lowest BCUT2D eigenvalue weighted by atomic mass is 10.0. The van der Waals surface area contributed by atoms with Crippen molar-refractivity contribution in [1.82, 2.24) is 5.32 Å². The average Bonchev–Trinajstić information content (AvgIpc) is 2.26. The third-order valence-corrected chi connectivity index (χ3v) is 3.05. The van der Waals surface area contributed by atoms with Gasteiger partial charge in [-0.15, -0.1) is 0 Å². The van der Waals surface area contributed by atoms with Crippen molar-refractivity contribution in [3.05, 3.63) is 35.4 Å². The van der Waals surface area contributed by atoms with E-state index in [0.29, 0.717) is 6.04 Å². The molecule has 84 valence electrons. The maximum atomic E-state index is 3.57. The third kappa shape index (κ3) is 4.05. The molecule has 2 unspecified atom stereocenters. The molecule has 0 radical (unpaired) electrons. The molecule has 1 nitrogen and oxygen atoms in total. The minimum absolute atomic E-state index is 0.458. The Balaban J connectivity index is 2.46. The van der Waals surface area contributed by atoms with Gasteiger partial charge in [-0.3, -0.25) is 0 Å². The molecular formula is C14H23N. The van der Waals surface area contributed by atoms with Crippen molar-refractivity contribution in [2.75, 3.05) is 6.54 Å². The van der Waals surface area contributed by atoms with Crippen molar-refractivity contribution in [2.45, 2.75) is 40.2 Å². The Morgan fingerprint density at radius 1 is 1.13 bits per heavy atom. The van der Waals surface area contributed by atoms with E-state index in [0.717, 1.165) is 12.5 Å². The predicted octanol–water partition coefficient (Wildman–Crippen LogP) is 3.69. The van der Waals surface area contributed by atoms with Crippen LogP contribution in [0, 0.1) is 12.8 Å². The highest BCUT2D eigenvalue weighted by Gasteiger charge is 2.05. The first-order chi connectivity index (χ1) is 7.13. The fourth-order valence-electron chi connectivity index (χ4n) is 1.50. The van der Waals surface area contributed by atoms with E-state index < -0.39 is 0 Å². The lowest BCUT2D eigenvalue weighted by Gasteiger charge is -2.17. The minimum atomic E-state index is 0.458. The number of nitrogens with one attached hydrogen (secondary N) is 1. The summed E-state index contributed by atoms with van der Waals surface area (Å²) >= 11 is 0. The lowest BCUT2D eigenvalue weighted by Crippen LogP contribution is -2.24. The fourth-order valence-corrected chi connectivity index (χ4v) is 1.50. The molecule has 1 heteroatoms. The minimum Gasteiger partial charge on any atom is -0.310 e. The molecule has 1 aromatic carbocycles. The molecular weight excluding hydrogens is 182 g/mol. The van der Waals surface area contributed by atoms with E-state index in [1.807, 2.05) is 0 Å². The monoisotopic (exact) mass is 205 g/mol. The lowest BCUT2D eigenvalue weighted by molar-refractivity contribution is 0.461. The van der Waals surface area contributed by atoms with Crippen molar-refractivity contribution in [3.63, 3.8) is 0 Å². The number of benzene rings is 1. The number of hydrogen-bond donors (Lipinski definition) is 1. The van der Waals surface area contributed by atoms with Crippen molar-refractivity contribution in [3.8, 4) is 0 Å². The summed E-state index contributed by atoms with van der Waals surface area (Å²) in [5, 5.41) is 3.57. The zero-order valence-electron chi connectivity index (χ0n) is 10.4. The fraction of sp³-hybridized carbons (Fsp3) is 0.571. The largest absolute Gasteiger partial charge is 0.310 e. The van der Waals surface area contributed by atoms with Crippen LogP contribution in [0.25, 0.3) is 0 Å². The van der Waals surface area contributed by atoms with Gasteiger partial charge in [0.1, 0.15) is 0 Å². The maximum Gasteiger partial charge on any atom is 0.0291 e. The molecule has 0 aromatic heterocycles. The summed E-state index contributed by atoms with van der Waals surface area (Å²) in [6, 6.07) is 9.24. The van der Waals surface area contributed by atoms with Crippen LogP contribution in [0.3, 0.4) is 0 Å². The van der Waals surface area contributed by atoms with Gasteiger partial charge in [0, 0.05) is 6.04 Å². The van der Waals surface area contributed by atoms with E-state index in [2.05, 4.69) is 57.3 Å². The quantitative estimate of drug-likeness (QED) is 0.773. The molecule has 0 saturated heterocycles. The Kier molecular flexibility index (Phi) is 4.83. The van der Waals surface area contributed by atoms with Gasteiger partial charge in [0.05, 0.1) is 0 Å². The van der Waals surface area contributed by atoms with Crippen molar-refractivity contribution < 1.29 is 0 Å². The van der Waals surface area contributed by atoms with E-state index in [4.69, 9.17) is 0 Å². The SMILES string of the molecule is CCC(C)CNC(C)c1ccc(C)cc1. The van der Waals surface area contributed by atoms with Crippen molar-refractivity contribution in [2.24, 2.45) is 5.92 Å². The van der Waals surface area contributed by atoms with Crippen molar-refractivity contribution >= 4 is 0 Å². The summed E-state index contributed by atoms with van der Waals surface area (Å²) in [7, 11) is 0. The molecule has 0 aliphatic carbocycles. The van der Waals surface area contributed by atoms with Gasteiger partial charge in [0.15, 0.2) is 0 Å². The van der Waals surface area contributed by atoms with Gasteiger partial charge in [0.25, 0.3) is 0 Å². The zero-order chi connectivity index (χ0) is 11.3. The highest BCUT2D eigenvalue weighted by Crippen LogP contribution is 2.13. The van der Waals surface area contributed by atoms with E-state index in [9.17, 15) is 0 Å². The van der Waals surface area contributed by atoms with Crippen LogP contribution in [-0.2, 0) is 0 Å². The molecule has 0 bridgehead atoms. The Hall–Kier alpha value is -0.820. The van der Waals surface area contributed by atoms with Crippen molar-refractivity contribution in [1.29, 1.82) is 0 Å². The Labute approximate surface area is 93.9 Å². The maximum absolute atomic E-state index is 3.57. The zero-order valence-corrected chi connectivity index (χ0v) is 10.4. The molecule has 0 fully saturated rings. The molecule has 0 aliphatic heterocycles. The normalized spacial score (nSPS) is 14.9. The van der Waals surface area contributed by atoms with Gasteiger partial charge in [0.2, 0.25) is 0 Å². The summed E-state index contributed by atoms with van der Waals surface area (Å²) in [4.78, 5) is 0. The van der Waals surface area contributed by atoms with Gasteiger partial charge in [-0.2, -0.15) is 0 Å². The average molecular weight is 205 g/mol. The first-order valence-corrected chi connectivity index (χ1v) is 5.93. The molecule has 0 saturated carbocycles. The molecule has 1 rings (SSSR count). The first-order valence-electron chi connectivity index (χ1n) is 5.93. The van der Waals surface area contributed by atoms with Crippen LogP contribution in [0.2, 0.25) is 0 Å². The summed E-state index contributed by atoms with van der Waals surface area (Å²) in [6.07, 6.45) is 1.24. The van der Waals surface area contributed by atoms with Crippen LogP contribution >= 0.6 is 0 Å². The molecule has 0 spiro atoms. The summed E-state index contributed by atoms with van der Waals surface area (Å²) in [5.74, 6) is 0.762. The Morgan fingerprint density at radius 2 is 1.73 bits per heavy atom. The first kappa shape index (κ1) is 12.3. The van der Waals surface area contributed by atoms with Gasteiger partial charge >= 0.3 is 0 Å². The molecule has 0 heterocycles. The van der Waals surface area contributed by atoms with Gasteiger partial charge in [-0.25, -0.2) is 0 Å². The second-order valence-electron chi connectivity index (χ2n) is 4.55. The molecule has 1 aromatic rings.